The van der Waals surface area contributed by atoms with E-state index in [2.05, 4.69) is 5.32 Å². The van der Waals surface area contributed by atoms with E-state index >= 15 is 0 Å². The van der Waals surface area contributed by atoms with E-state index in [4.69, 9.17) is 21.1 Å². The molecule has 2 aromatic carbocycles. The lowest BCUT2D eigenvalue weighted by Crippen LogP contribution is -2.53. The SMILES string of the molecule is CC[C@H](C(=O)N[C@@H](C)CC)N(Cc1ccccc1Cl)C(=O)CN(c1ccc2c(c1)OCCO2)S(=O)(=O)CC. The average Bonchev–Trinajstić information content (AvgIpc) is 2.92. The molecule has 0 aliphatic carbocycles. The number of anilines is 1. The molecule has 9 nitrogen and oxygen atoms in total. The molecule has 0 spiro atoms. The molecule has 1 heterocycles. The van der Waals surface area contributed by atoms with Crippen molar-refractivity contribution in [1.29, 1.82) is 0 Å². The van der Waals surface area contributed by atoms with Crippen LogP contribution in [-0.2, 0) is 26.2 Å². The maximum Gasteiger partial charge on any atom is 0.244 e. The van der Waals surface area contributed by atoms with Crippen molar-refractivity contribution >= 4 is 39.1 Å². The van der Waals surface area contributed by atoms with E-state index in [0.717, 1.165) is 10.7 Å². The van der Waals surface area contributed by atoms with Gasteiger partial charge in [-0.2, -0.15) is 0 Å². The smallest absolute Gasteiger partial charge is 0.244 e. The molecular formula is C27H36ClN3O6S. The van der Waals surface area contributed by atoms with Crippen LogP contribution in [0, 0.1) is 0 Å². The van der Waals surface area contributed by atoms with Crippen LogP contribution in [0.1, 0.15) is 46.1 Å². The summed E-state index contributed by atoms with van der Waals surface area (Å²) in [6.07, 6.45) is 1.07. The molecule has 0 unspecified atom stereocenters. The molecule has 0 aromatic heterocycles. The Morgan fingerprint density at radius 2 is 1.71 bits per heavy atom. The van der Waals surface area contributed by atoms with Crippen LogP contribution >= 0.6 is 11.6 Å². The van der Waals surface area contributed by atoms with Gasteiger partial charge in [0.15, 0.2) is 11.5 Å². The number of nitrogens with one attached hydrogen (secondary N) is 1. The number of benzene rings is 2. The number of carbonyl (C=O) groups is 2. The van der Waals surface area contributed by atoms with Gasteiger partial charge in [-0.15, -0.1) is 0 Å². The number of amides is 2. The topological polar surface area (TPSA) is 105 Å². The lowest BCUT2D eigenvalue weighted by Gasteiger charge is -2.34. The maximum absolute atomic E-state index is 13.9. The summed E-state index contributed by atoms with van der Waals surface area (Å²) in [5.41, 5.74) is 0.931. The summed E-state index contributed by atoms with van der Waals surface area (Å²) in [5.74, 6) is -0.127. The number of halogens is 1. The first-order valence-electron chi connectivity index (χ1n) is 12.8. The largest absolute Gasteiger partial charge is 0.486 e. The van der Waals surface area contributed by atoms with Gasteiger partial charge in [-0.25, -0.2) is 8.42 Å². The third-order valence-electron chi connectivity index (χ3n) is 6.48. The van der Waals surface area contributed by atoms with Crippen LogP contribution in [-0.4, -0.2) is 62.7 Å². The van der Waals surface area contributed by atoms with Gasteiger partial charge in [0.25, 0.3) is 0 Å². The number of hydrogen-bond acceptors (Lipinski definition) is 6. The van der Waals surface area contributed by atoms with Crippen LogP contribution in [0.3, 0.4) is 0 Å². The molecule has 0 saturated heterocycles. The van der Waals surface area contributed by atoms with Crippen LogP contribution in [0.15, 0.2) is 42.5 Å². The summed E-state index contributed by atoms with van der Waals surface area (Å²) >= 11 is 6.40. The van der Waals surface area contributed by atoms with Crippen LogP contribution in [0.25, 0.3) is 0 Å². The number of sulfonamides is 1. The molecule has 38 heavy (non-hydrogen) atoms. The Hall–Kier alpha value is -2.98. The number of carbonyl (C=O) groups excluding carboxylic acids is 2. The molecule has 3 rings (SSSR count). The quantitative estimate of drug-likeness (QED) is 0.417. The maximum atomic E-state index is 13.9. The summed E-state index contributed by atoms with van der Waals surface area (Å²) in [4.78, 5) is 28.5. The fraction of sp³-hybridized carbons (Fsp3) is 0.481. The molecule has 0 radical (unpaired) electrons. The Morgan fingerprint density at radius 1 is 1.03 bits per heavy atom. The number of fused-ring (bicyclic) bond motifs is 1. The zero-order valence-electron chi connectivity index (χ0n) is 22.3. The summed E-state index contributed by atoms with van der Waals surface area (Å²) < 4.78 is 38.6. The summed E-state index contributed by atoms with van der Waals surface area (Å²) in [7, 11) is -3.86. The van der Waals surface area contributed by atoms with Crippen LogP contribution in [0.4, 0.5) is 5.69 Å². The minimum atomic E-state index is -3.86. The van der Waals surface area contributed by atoms with Gasteiger partial charge in [0.05, 0.1) is 11.4 Å². The lowest BCUT2D eigenvalue weighted by molar-refractivity contribution is -0.140. The van der Waals surface area contributed by atoms with Crippen molar-refractivity contribution in [3.63, 3.8) is 0 Å². The van der Waals surface area contributed by atoms with E-state index in [1.54, 1.807) is 42.5 Å². The van der Waals surface area contributed by atoms with E-state index < -0.39 is 28.5 Å². The van der Waals surface area contributed by atoms with Crippen molar-refractivity contribution in [2.45, 2.75) is 59.2 Å². The second-order valence-corrected chi connectivity index (χ2v) is 11.7. The van der Waals surface area contributed by atoms with Crippen molar-refractivity contribution in [2.75, 3.05) is 29.8 Å². The van der Waals surface area contributed by atoms with E-state index in [1.807, 2.05) is 20.8 Å². The molecule has 1 aliphatic heterocycles. The van der Waals surface area contributed by atoms with E-state index in [-0.39, 0.29) is 29.9 Å². The Bertz CT molecular complexity index is 1240. The lowest BCUT2D eigenvalue weighted by atomic mass is 10.1. The summed E-state index contributed by atoms with van der Waals surface area (Å²) in [6.45, 7) is 7.47. The van der Waals surface area contributed by atoms with Gasteiger partial charge in [-0.05, 0) is 50.5 Å². The highest BCUT2D eigenvalue weighted by molar-refractivity contribution is 7.92. The molecule has 2 atom stereocenters. The zero-order valence-corrected chi connectivity index (χ0v) is 23.8. The highest BCUT2D eigenvalue weighted by Crippen LogP contribution is 2.35. The highest BCUT2D eigenvalue weighted by Gasteiger charge is 2.33. The summed E-state index contributed by atoms with van der Waals surface area (Å²) in [5, 5.41) is 3.40. The Labute approximate surface area is 230 Å². The third-order valence-corrected chi connectivity index (χ3v) is 8.59. The average molecular weight is 566 g/mol. The second kappa shape index (κ2) is 13.2. The predicted octanol–water partition coefficient (Wildman–Crippen LogP) is 3.99. The van der Waals surface area contributed by atoms with Gasteiger partial charge in [0.1, 0.15) is 25.8 Å². The molecule has 0 saturated carbocycles. The second-order valence-electron chi connectivity index (χ2n) is 9.09. The molecule has 11 heteroatoms. The molecule has 2 aromatic rings. The van der Waals surface area contributed by atoms with Crippen molar-refractivity contribution in [1.82, 2.24) is 10.2 Å². The van der Waals surface area contributed by atoms with E-state index in [0.29, 0.717) is 41.7 Å². The van der Waals surface area contributed by atoms with Crippen molar-refractivity contribution < 1.29 is 27.5 Å². The van der Waals surface area contributed by atoms with Crippen molar-refractivity contribution in [3.8, 4) is 11.5 Å². The normalized spacial score (nSPS) is 14.3. The minimum absolute atomic E-state index is 0.0477. The first-order valence-corrected chi connectivity index (χ1v) is 14.8. The zero-order chi connectivity index (χ0) is 27.9. The molecule has 1 N–H and O–H groups in total. The Balaban J connectivity index is 1.99. The number of ether oxygens (including phenoxy) is 2. The standard InChI is InChI=1S/C27H36ClN3O6S/c1-5-19(4)29-27(33)23(6-2)30(17-20-10-8-9-11-22(20)28)26(32)18-31(38(34,35)7-3)21-12-13-24-25(16-21)37-15-14-36-24/h8-13,16,19,23H,5-7,14-15,17-18H2,1-4H3,(H,29,33)/t19-,23+/m0/s1. The summed E-state index contributed by atoms with van der Waals surface area (Å²) in [6, 6.07) is 10.9. The monoisotopic (exact) mass is 565 g/mol. The first-order chi connectivity index (χ1) is 18.1. The van der Waals surface area contributed by atoms with E-state index in [9.17, 15) is 18.0 Å². The molecule has 0 fully saturated rings. The molecule has 0 bridgehead atoms. The highest BCUT2D eigenvalue weighted by atomic mass is 35.5. The first kappa shape index (κ1) is 29.6. The van der Waals surface area contributed by atoms with Crippen LogP contribution in [0.2, 0.25) is 5.02 Å². The van der Waals surface area contributed by atoms with Gasteiger partial charge in [-0.3, -0.25) is 13.9 Å². The van der Waals surface area contributed by atoms with Gasteiger partial charge in [-0.1, -0.05) is 43.6 Å². The van der Waals surface area contributed by atoms with Gasteiger partial charge < -0.3 is 19.7 Å². The number of hydrogen-bond donors (Lipinski definition) is 1. The number of rotatable bonds is 12. The minimum Gasteiger partial charge on any atom is -0.486 e. The molecule has 2 amide bonds. The van der Waals surface area contributed by atoms with Gasteiger partial charge in [0, 0.05) is 23.7 Å². The van der Waals surface area contributed by atoms with Crippen molar-refractivity contribution in [2.24, 2.45) is 0 Å². The molecule has 1 aliphatic rings. The fourth-order valence-electron chi connectivity index (χ4n) is 4.08. The van der Waals surface area contributed by atoms with Gasteiger partial charge >= 0.3 is 0 Å². The Kier molecular flexibility index (Phi) is 10.3. The van der Waals surface area contributed by atoms with Crippen LogP contribution < -0.4 is 19.1 Å². The number of nitrogens with zero attached hydrogens (tertiary/aromatic N) is 2. The molecular weight excluding hydrogens is 530 g/mol. The Morgan fingerprint density at radius 3 is 2.34 bits per heavy atom. The predicted molar refractivity (Wildman–Crippen MR) is 148 cm³/mol. The van der Waals surface area contributed by atoms with Crippen LogP contribution in [0.5, 0.6) is 11.5 Å². The fourth-order valence-corrected chi connectivity index (χ4v) is 5.33. The van der Waals surface area contributed by atoms with Crippen molar-refractivity contribution in [3.05, 3.63) is 53.1 Å². The van der Waals surface area contributed by atoms with E-state index in [1.165, 1.54) is 11.8 Å². The third kappa shape index (κ3) is 7.11. The molecule has 208 valence electrons. The van der Waals surface area contributed by atoms with Gasteiger partial charge in [0.2, 0.25) is 21.8 Å².